The molecule has 5 heteroatoms. The van der Waals surface area contributed by atoms with E-state index >= 15 is 0 Å². The summed E-state index contributed by atoms with van der Waals surface area (Å²) in [6.45, 7) is 1.31. The van der Waals surface area contributed by atoms with Crippen molar-refractivity contribution in [3.8, 4) is 0 Å². The molecule has 0 heterocycles. The van der Waals surface area contributed by atoms with Crippen molar-refractivity contribution in [3.63, 3.8) is 0 Å². The lowest BCUT2D eigenvalue weighted by molar-refractivity contribution is 0.0768. The van der Waals surface area contributed by atoms with E-state index in [1.54, 1.807) is 0 Å². The minimum absolute atomic E-state index is 0.457. The van der Waals surface area contributed by atoms with E-state index in [9.17, 15) is 22.0 Å². The van der Waals surface area contributed by atoms with Gasteiger partial charge in [-0.3, -0.25) is 0 Å². The lowest BCUT2D eigenvalue weighted by Crippen LogP contribution is -2.36. The predicted octanol–water partition coefficient (Wildman–Crippen LogP) is 3.46. The van der Waals surface area contributed by atoms with Crippen molar-refractivity contribution >= 4 is 0 Å². The van der Waals surface area contributed by atoms with Crippen LogP contribution in [0.4, 0.5) is 22.0 Å². The Hall–Kier alpha value is -0.870. The molecule has 0 spiro atoms. The Morgan fingerprint density at radius 2 is 1.69 bits per heavy atom. The molecule has 0 aromatic carbocycles. The summed E-state index contributed by atoms with van der Waals surface area (Å²) in [7, 11) is 0. The van der Waals surface area contributed by atoms with Gasteiger partial charge in [-0.1, -0.05) is 0 Å². The molecule has 0 saturated heterocycles. The average molecular weight is 198 g/mol. The van der Waals surface area contributed by atoms with Gasteiger partial charge in [-0.05, 0) is 13.8 Å². The Morgan fingerprint density at radius 1 is 1.23 bits per heavy atom. The molecule has 0 nitrogen and oxygen atoms in total. The smallest absolute Gasteiger partial charge is 0.199 e. The molecule has 0 aliphatic heterocycles. The van der Waals surface area contributed by atoms with E-state index in [4.69, 9.17) is 0 Å². The van der Waals surface area contributed by atoms with E-state index in [0.29, 0.717) is 6.92 Å². The number of rotatable bonds is 0. The highest BCUT2D eigenvalue weighted by Crippen LogP contribution is 2.43. The second-order valence-electron chi connectivity index (χ2n) is 3.04. The zero-order valence-electron chi connectivity index (χ0n) is 6.97. The largest absolute Gasteiger partial charge is 0.236 e. The van der Waals surface area contributed by atoms with Crippen LogP contribution < -0.4 is 0 Å². The first kappa shape index (κ1) is 10.2. The van der Waals surface area contributed by atoms with Crippen LogP contribution in [0.2, 0.25) is 0 Å². The number of hydrogen-bond acceptors (Lipinski definition) is 0. The molecule has 1 aliphatic rings. The van der Waals surface area contributed by atoms with Crippen LogP contribution in [0.3, 0.4) is 0 Å². The normalized spacial score (nSPS) is 35.8. The van der Waals surface area contributed by atoms with Crippen LogP contribution in [0, 0.1) is 0 Å². The van der Waals surface area contributed by atoms with Crippen molar-refractivity contribution < 1.29 is 22.0 Å². The summed E-state index contributed by atoms with van der Waals surface area (Å²) < 4.78 is 63.9. The molecule has 0 aromatic rings. The second-order valence-corrected chi connectivity index (χ2v) is 3.04. The van der Waals surface area contributed by atoms with Crippen molar-refractivity contribution in [2.24, 2.45) is 0 Å². The zero-order valence-corrected chi connectivity index (χ0v) is 6.97. The molecule has 0 amide bonds. The fourth-order valence-electron chi connectivity index (χ4n) is 1.02. The van der Waals surface area contributed by atoms with E-state index in [1.807, 2.05) is 0 Å². The molecule has 74 valence electrons. The Bertz CT molecular complexity index is 300. The zero-order chi connectivity index (χ0) is 10.4. The third-order valence-corrected chi connectivity index (χ3v) is 2.01. The molecular weight excluding hydrogens is 191 g/mol. The van der Waals surface area contributed by atoms with E-state index in [0.717, 1.165) is 6.92 Å². The van der Waals surface area contributed by atoms with Crippen LogP contribution in [0.25, 0.3) is 0 Å². The molecule has 0 radical (unpaired) electrons. The van der Waals surface area contributed by atoms with Crippen LogP contribution in [0.15, 0.2) is 23.1 Å². The van der Waals surface area contributed by atoms with Gasteiger partial charge in [0.25, 0.3) is 0 Å². The molecule has 1 aliphatic carbocycles. The van der Waals surface area contributed by atoms with Crippen LogP contribution in [0.1, 0.15) is 13.8 Å². The first-order valence-corrected chi connectivity index (χ1v) is 3.55. The summed E-state index contributed by atoms with van der Waals surface area (Å²) in [5, 5.41) is 0. The highest BCUT2D eigenvalue weighted by molar-refractivity contribution is 5.40. The third kappa shape index (κ3) is 1.26. The molecular formula is C8H7F5. The Morgan fingerprint density at radius 3 is 2.15 bits per heavy atom. The van der Waals surface area contributed by atoms with Crippen LogP contribution in [-0.4, -0.2) is 11.8 Å². The van der Waals surface area contributed by atoms with E-state index in [1.165, 1.54) is 0 Å². The van der Waals surface area contributed by atoms with Crippen molar-refractivity contribution in [1.29, 1.82) is 0 Å². The SMILES string of the molecule is CC1=C(F)C(F)C(C)(F)C(F)=C1F. The van der Waals surface area contributed by atoms with Crippen molar-refractivity contribution in [1.82, 2.24) is 0 Å². The van der Waals surface area contributed by atoms with Crippen LogP contribution in [0.5, 0.6) is 0 Å². The van der Waals surface area contributed by atoms with E-state index < -0.39 is 34.9 Å². The highest BCUT2D eigenvalue weighted by Gasteiger charge is 2.48. The average Bonchev–Trinajstić information content (AvgIpc) is 2.09. The van der Waals surface area contributed by atoms with Crippen molar-refractivity contribution in [2.75, 3.05) is 0 Å². The van der Waals surface area contributed by atoms with Gasteiger partial charge in [0.05, 0.1) is 0 Å². The second kappa shape index (κ2) is 2.82. The minimum atomic E-state index is -3.24. The predicted molar refractivity (Wildman–Crippen MR) is 37.5 cm³/mol. The molecule has 1 rings (SSSR count). The van der Waals surface area contributed by atoms with Gasteiger partial charge in [-0.25, -0.2) is 22.0 Å². The molecule has 0 N–H and O–H groups in total. The molecule has 0 fully saturated rings. The van der Waals surface area contributed by atoms with Gasteiger partial charge in [0.15, 0.2) is 23.5 Å². The van der Waals surface area contributed by atoms with Crippen molar-refractivity contribution in [2.45, 2.75) is 25.7 Å². The molecule has 13 heavy (non-hydrogen) atoms. The van der Waals surface area contributed by atoms with Crippen molar-refractivity contribution in [3.05, 3.63) is 23.1 Å². The first-order valence-electron chi connectivity index (χ1n) is 3.55. The van der Waals surface area contributed by atoms with Gasteiger partial charge in [-0.2, -0.15) is 0 Å². The Kier molecular flexibility index (Phi) is 2.21. The lowest BCUT2D eigenvalue weighted by atomic mass is 9.91. The van der Waals surface area contributed by atoms with Gasteiger partial charge < -0.3 is 0 Å². The monoisotopic (exact) mass is 198 g/mol. The summed E-state index contributed by atoms with van der Waals surface area (Å²) in [6.07, 6.45) is -2.77. The number of alkyl halides is 2. The van der Waals surface area contributed by atoms with E-state index in [-0.39, 0.29) is 0 Å². The molecule has 0 saturated carbocycles. The maximum absolute atomic E-state index is 13.0. The topological polar surface area (TPSA) is 0 Å². The molecule has 0 aromatic heterocycles. The van der Waals surface area contributed by atoms with Gasteiger partial charge in [-0.15, -0.1) is 0 Å². The van der Waals surface area contributed by atoms with E-state index in [2.05, 4.69) is 0 Å². The summed E-state index contributed by atoms with van der Waals surface area (Å²) >= 11 is 0. The van der Waals surface area contributed by atoms with Gasteiger partial charge in [0, 0.05) is 5.57 Å². The molecule has 2 atom stereocenters. The summed E-state index contributed by atoms with van der Waals surface area (Å²) in [5.41, 5.74) is -4.06. The van der Waals surface area contributed by atoms with Gasteiger partial charge >= 0.3 is 0 Å². The number of allylic oxidation sites excluding steroid dienone is 4. The maximum atomic E-state index is 13.0. The lowest BCUT2D eigenvalue weighted by Gasteiger charge is -2.26. The number of hydrogen-bond donors (Lipinski definition) is 0. The molecule has 0 bridgehead atoms. The minimum Gasteiger partial charge on any atom is -0.236 e. The van der Waals surface area contributed by atoms with Gasteiger partial charge in [0.2, 0.25) is 0 Å². The Balaban J connectivity index is 3.32. The summed E-state index contributed by atoms with van der Waals surface area (Å²) in [4.78, 5) is 0. The fourth-order valence-corrected chi connectivity index (χ4v) is 1.02. The first-order chi connectivity index (χ1) is 5.80. The Labute approximate surface area is 71.7 Å². The van der Waals surface area contributed by atoms with Gasteiger partial charge in [0.1, 0.15) is 5.83 Å². The summed E-state index contributed by atoms with van der Waals surface area (Å²) in [5.74, 6) is -5.14. The highest BCUT2D eigenvalue weighted by atomic mass is 19.2. The third-order valence-electron chi connectivity index (χ3n) is 2.01. The standard InChI is InChI=1S/C8H7F5/c1-3-4(9)6(11)8(2,13)7(12)5(3)10/h6H,1-2H3. The fraction of sp³-hybridized carbons (Fsp3) is 0.500. The number of halogens is 5. The quantitative estimate of drug-likeness (QED) is 0.523. The van der Waals surface area contributed by atoms with Crippen LogP contribution >= 0.6 is 0 Å². The summed E-state index contributed by atoms with van der Waals surface area (Å²) in [6, 6.07) is 0. The molecule has 2 unspecified atom stereocenters. The maximum Gasteiger partial charge on any atom is 0.199 e. The van der Waals surface area contributed by atoms with Crippen LogP contribution in [-0.2, 0) is 0 Å².